The maximum atomic E-state index is 12.7. The van der Waals surface area contributed by atoms with E-state index in [9.17, 15) is 30.7 Å². The lowest BCUT2D eigenvalue weighted by Crippen LogP contribution is -2.34. The van der Waals surface area contributed by atoms with Crippen LogP contribution >= 0.6 is 0 Å². The molecule has 0 N–H and O–H groups in total. The Morgan fingerprint density at radius 3 is 2.19 bits per heavy atom. The average Bonchev–Trinajstić information content (AvgIpc) is 2.35. The van der Waals surface area contributed by atoms with Crippen molar-refractivity contribution in [2.75, 3.05) is 6.61 Å². The largest absolute Gasteiger partial charge is 0.573 e. The van der Waals surface area contributed by atoms with Crippen LogP contribution in [-0.2, 0) is 0 Å². The van der Waals surface area contributed by atoms with Gasteiger partial charge >= 0.3 is 18.7 Å². The van der Waals surface area contributed by atoms with Crippen LogP contribution in [0, 0.1) is 0 Å². The van der Waals surface area contributed by atoms with Gasteiger partial charge in [-0.2, -0.15) is 8.78 Å². The van der Waals surface area contributed by atoms with Crippen LogP contribution in [0.4, 0.5) is 30.7 Å². The molecule has 0 aromatic heterocycles. The Bertz CT molecular complexity index is 497. The van der Waals surface area contributed by atoms with Crippen molar-refractivity contribution >= 4 is 6.08 Å². The summed E-state index contributed by atoms with van der Waals surface area (Å²) in [5.41, 5.74) is 0.236. The summed E-state index contributed by atoms with van der Waals surface area (Å²) in [5, 5.41) is 0. The van der Waals surface area contributed by atoms with E-state index >= 15 is 0 Å². The summed E-state index contributed by atoms with van der Waals surface area (Å²) in [6.07, 6.45) is -7.89. The van der Waals surface area contributed by atoms with Crippen LogP contribution in [0.3, 0.4) is 0 Å². The molecule has 0 atom stereocenters. The standard InChI is InChI=1S/C12H9F7O2/c1-2-7-3-4-8(21-12(17,18)19)9(5-7)20-6-11(15,16)10(13)14/h2-5,10H,1,6H2. The normalized spacial score (nSPS) is 12.4. The van der Waals surface area contributed by atoms with Gasteiger partial charge in [0.05, 0.1) is 0 Å². The van der Waals surface area contributed by atoms with Crippen molar-refractivity contribution in [1.29, 1.82) is 0 Å². The van der Waals surface area contributed by atoms with Crippen molar-refractivity contribution in [3.8, 4) is 11.5 Å². The predicted octanol–water partition coefficient (Wildman–Crippen LogP) is 4.51. The van der Waals surface area contributed by atoms with E-state index in [2.05, 4.69) is 16.1 Å². The molecule has 1 aromatic carbocycles. The molecule has 9 heteroatoms. The lowest BCUT2D eigenvalue weighted by Gasteiger charge is -2.18. The lowest BCUT2D eigenvalue weighted by molar-refractivity contribution is -0.275. The third-order valence-corrected chi connectivity index (χ3v) is 2.17. The molecule has 0 saturated heterocycles. The minimum absolute atomic E-state index is 0.236. The van der Waals surface area contributed by atoms with Crippen LogP contribution in [-0.4, -0.2) is 25.3 Å². The fourth-order valence-corrected chi connectivity index (χ4v) is 1.21. The Morgan fingerprint density at radius 2 is 1.71 bits per heavy atom. The Hall–Kier alpha value is -1.93. The summed E-state index contributed by atoms with van der Waals surface area (Å²) in [5.74, 6) is -6.16. The number of alkyl halides is 7. The SMILES string of the molecule is C=Cc1ccc(OC(F)(F)F)c(OCC(F)(F)C(F)F)c1. The molecule has 0 aliphatic carbocycles. The highest BCUT2D eigenvalue weighted by Crippen LogP contribution is 2.35. The summed E-state index contributed by atoms with van der Waals surface area (Å²) < 4.78 is 93.7. The molecule has 0 aliphatic rings. The third-order valence-electron chi connectivity index (χ3n) is 2.17. The van der Waals surface area contributed by atoms with Crippen molar-refractivity contribution in [3.63, 3.8) is 0 Å². The van der Waals surface area contributed by atoms with Gasteiger partial charge in [-0.3, -0.25) is 0 Å². The van der Waals surface area contributed by atoms with Crippen LogP contribution < -0.4 is 9.47 Å². The van der Waals surface area contributed by atoms with Crippen LogP contribution in [0.2, 0.25) is 0 Å². The minimum atomic E-state index is -5.08. The minimum Gasteiger partial charge on any atom is -0.483 e. The molecule has 0 heterocycles. The van der Waals surface area contributed by atoms with Gasteiger partial charge in [-0.1, -0.05) is 18.7 Å². The van der Waals surface area contributed by atoms with Gasteiger partial charge < -0.3 is 9.47 Å². The van der Waals surface area contributed by atoms with Crippen LogP contribution in [0.1, 0.15) is 5.56 Å². The molecule has 0 radical (unpaired) electrons. The quantitative estimate of drug-likeness (QED) is 0.719. The molecule has 1 rings (SSSR count). The first-order valence-electron chi connectivity index (χ1n) is 5.36. The maximum Gasteiger partial charge on any atom is 0.573 e. The van der Waals surface area contributed by atoms with Gasteiger partial charge in [0.1, 0.15) is 0 Å². The molecule has 0 aliphatic heterocycles. The smallest absolute Gasteiger partial charge is 0.483 e. The average molecular weight is 318 g/mol. The van der Waals surface area contributed by atoms with Gasteiger partial charge in [-0.15, -0.1) is 13.2 Å². The second-order valence-electron chi connectivity index (χ2n) is 3.81. The van der Waals surface area contributed by atoms with Gasteiger partial charge in [0.25, 0.3) is 0 Å². The summed E-state index contributed by atoms with van der Waals surface area (Å²) in [6.45, 7) is 1.53. The second kappa shape index (κ2) is 6.23. The van der Waals surface area contributed by atoms with E-state index in [4.69, 9.17) is 0 Å². The Balaban J connectivity index is 2.99. The molecule has 1 aromatic rings. The zero-order valence-corrected chi connectivity index (χ0v) is 10.3. The van der Waals surface area contributed by atoms with Gasteiger partial charge in [-0.25, -0.2) is 8.78 Å². The van der Waals surface area contributed by atoms with E-state index in [-0.39, 0.29) is 5.56 Å². The van der Waals surface area contributed by atoms with Gasteiger partial charge in [0, 0.05) is 0 Å². The molecule has 0 amide bonds. The summed E-state index contributed by atoms with van der Waals surface area (Å²) in [7, 11) is 0. The topological polar surface area (TPSA) is 18.5 Å². The first kappa shape index (κ1) is 17.1. The van der Waals surface area contributed by atoms with E-state index in [1.54, 1.807) is 0 Å². The Labute approximate surface area is 114 Å². The molecule has 0 fully saturated rings. The summed E-state index contributed by atoms with van der Waals surface area (Å²) >= 11 is 0. The van der Waals surface area contributed by atoms with Crippen molar-refractivity contribution in [1.82, 2.24) is 0 Å². The molecule has 0 saturated carbocycles. The first-order valence-corrected chi connectivity index (χ1v) is 5.36. The van der Waals surface area contributed by atoms with E-state index < -0.39 is 36.8 Å². The van der Waals surface area contributed by atoms with E-state index in [0.29, 0.717) is 0 Å². The highest BCUT2D eigenvalue weighted by Gasteiger charge is 2.42. The van der Waals surface area contributed by atoms with Crippen LogP contribution in [0.5, 0.6) is 11.5 Å². The highest BCUT2D eigenvalue weighted by atomic mass is 19.4. The molecule has 21 heavy (non-hydrogen) atoms. The molecule has 118 valence electrons. The van der Waals surface area contributed by atoms with Crippen LogP contribution in [0.15, 0.2) is 24.8 Å². The van der Waals surface area contributed by atoms with Crippen molar-refractivity contribution < 1.29 is 40.2 Å². The Kier molecular flexibility index (Phi) is 5.08. The molecule has 0 spiro atoms. The molecule has 0 unspecified atom stereocenters. The van der Waals surface area contributed by atoms with E-state index in [1.807, 2.05) is 0 Å². The lowest BCUT2D eigenvalue weighted by atomic mass is 10.2. The first-order chi connectivity index (χ1) is 9.55. The third kappa shape index (κ3) is 5.16. The highest BCUT2D eigenvalue weighted by molar-refractivity contribution is 5.54. The number of halogens is 7. The monoisotopic (exact) mass is 318 g/mol. The number of ether oxygens (including phenoxy) is 2. The van der Waals surface area contributed by atoms with Crippen molar-refractivity contribution in [3.05, 3.63) is 30.3 Å². The van der Waals surface area contributed by atoms with Crippen LogP contribution in [0.25, 0.3) is 6.08 Å². The van der Waals surface area contributed by atoms with E-state index in [1.165, 1.54) is 6.08 Å². The number of rotatable bonds is 6. The molecule has 0 bridgehead atoms. The van der Waals surface area contributed by atoms with Gasteiger partial charge in [0.15, 0.2) is 18.1 Å². The predicted molar refractivity (Wildman–Crippen MR) is 59.7 cm³/mol. The van der Waals surface area contributed by atoms with Crippen molar-refractivity contribution in [2.24, 2.45) is 0 Å². The Morgan fingerprint density at radius 1 is 1.10 bits per heavy atom. The zero-order valence-electron chi connectivity index (χ0n) is 10.3. The van der Waals surface area contributed by atoms with Gasteiger partial charge in [-0.05, 0) is 17.7 Å². The number of benzene rings is 1. The number of hydrogen-bond donors (Lipinski definition) is 0. The molecule has 2 nitrogen and oxygen atoms in total. The number of hydrogen-bond acceptors (Lipinski definition) is 2. The fraction of sp³-hybridized carbons (Fsp3) is 0.333. The summed E-state index contributed by atoms with van der Waals surface area (Å²) in [6, 6.07) is 2.88. The van der Waals surface area contributed by atoms with E-state index in [0.717, 1.165) is 18.2 Å². The maximum absolute atomic E-state index is 12.7. The second-order valence-corrected chi connectivity index (χ2v) is 3.81. The molecular weight excluding hydrogens is 309 g/mol. The zero-order chi connectivity index (χ0) is 16.3. The van der Waals surface area contributed by atoms with Gasteiger partial charge in [0.2, 0.25) is 0 Å². The molecular formula is C12H9F7O2. The van der Waals surface area contributed by atoms with Crippen molar-refractivity contribution in [2.45, 2.75) is 18.7 Å². The summed E-state index contributed by atoms with van der Waals surface area (Å²) in [4.78, 5) is 0. The fourth-order valence-electron chi connectivity index (χ4n) is 1.21.